The number of nitrogens with two attached hydrogens (primary N) is 1. The van der Waals surface area contributed by atoms with E-state index in [4.69, 9.17) is 5.73 Å². The van der Waals surface area contributed by atoms with E-state index in [1.807, 2.05) is 11.0 Å². The van der Waals surface area contributed by atoms with Crippen LogP contribution in [0, 0.1) is 0 Å². The third kappa shape index (κ3) is 2.39. The quantitative estimate of drug-likeness (QED) is 0.898. The minimum Gasteiger partial charge on any atom is -0.333 e. The summed E-state index contributed by atoms with van der Waals surface area (Å²) < 4.78 is 0. The molecule has 4 heteroatoms. The van der Waals surface area contributed by atoms with Crippen molar-refractivity contribution >= 4 is 17.7 Å². The van der Waals surface area contributed by atoms with E-state index < -0.39 is 0 Å². The maximum absolute atomic E-state index is 12.6. The van der Waals surface area contributed by atoms with Crippen LogP contribution in [0.25, 0.3) is 0 Å². The number of hydrogen-bond donors (Lipinski definition) is 1. The summed E-state index contributed by atoms with van der Waals surface area (Å²) in [5, 5.41) is 0.166. The van der Waals surface area contributed by atoms with Gasteiger partial charge in [0.1, 0.15) is 0 Å². The molecular formula is C15H20N2OS. The van der Waals surface area contributed by atoms with Gasteiger partial charge in [-0.2, -0.15) is 0 Å². The third-order valence-electron chi connectivity index (χ3n) is 4.12. The lowest BCUT2D eigenvalue weighted by atomic mass is 9.92. The lowest BCUT2D eigenvalue weighted by molar-refractivity contribution is -0.133. The second-order valence-electron chi connectivity index (χ2n) is 5.23. The molecule has 1 aromatic carbocycles. The highest BCUT2D eigenvalue weighted by molar-refractivity contribution is 8.00. The lowest BCUT2D eigenvalue weighted by Gasteiger charge is -2.38. The molecule has 0 saturated carbocycles. The normalized spacial score (nSPS) is 26.3. The van der Waals surface area contributed by atoms with Crippen LogP contribution in [0.3, 0.4) is 0 Å². The van der Waals surface area contributed by atoms with Gasteiger partial charge in [0.2, 0.25) is 5.91 Å². The molecule has 0 aliphatic carbocycles. The maximum Gasteiger partial charge on any atom is 0.236 e. The van der Waals surface area contributed by atoms with E-state index in [9.17, 15) is 4.79 Å². The second kappa shape index (κ2) is 5.55. The summed E-state index contributed by atoms with van der Waals surface area (Å²) in [6.45, 7) is 1.33. The van der Waals surface area contributed by atoms with E-state index in [1.165, 1.54) is 17.5 Å². The van der Waals surface area contributed by atoms with E-state index in [2.05, 4.69) is 18.2 Å². The van der Waals surface area contributed by atoms with E-state index >= 15 is 0 Å². The molecule has 0 bridgehead atoms. The Labute approximate surface area is 118 Å². The zero-order chi connectivity index (χ0) is 13.2. The Morgan fingerprint density at radius 2 is 2.26 bits per heavy atom. The molecule has 2 aliphatic rings. The van der Waals surface area contributed by atoms with Crippen LogP contribution in [0.1, 0.15) is 30.0 Å². The Bertz CT molecular complexity index is 471. The molecule has 0 spiro atoms. The molecule has 102 valence electrons. The van der Waals surface area contributed by atoms with Gasteiger partial charge in [0.15, 0.2) is 0 Å². The number of nitrogens with zero attached hydrogens (tertiary/aromatic N) is 1. The van der Waals surface area contributed by atoms with Crippen LogP contribution in [-0.4, -0.2) is 34.9 Å². The van der Waals surface area contributed by atoms with E-state index in [0.717, 1.165) is 25.1 Å². The van der Waals surface area contributed by atoms with Crippen LogP contribution in [0.2, 0.25) is 0 Å². The van der Waals surface area contributed by atoms with Gasteiger partial charge in [-0.1, -0.05) is 24.3 Å². The van der Waals surface area contributed by atoms with Crippen LogP contribution in [-0.2, 0) is 11.2 Å². The molecule has 2 aliphatic heterocycles. The summed E-state index contributed by atoms with van der Waals surface area (Å²) in [4.78, 5) is 14.6. The zero-order valence-electron chi connectivity index (χ0n) is 11.0. The van der Waals surface area contributed by atoms with Crippen molar-refractivity contribution in [1.82, 2.24) is 4.90 Å². The number of thioether (sulfide) groups is 1. The number of benzene rings is 1. The summed E-state index contributed by atoms with van der Waals surface area (Å²) in [5.41, 5.74) is 8.54. The van der Waals surface area contributed by atoms with Crippen molar-refractivity contribution in [2.24, 2.45) is 5.73 Å². The first-order valence-electron chi connectivity index (χ1n) is 7.01. The summed E-state index contributed by atoms with van der Waals surface area (Å²) in [6.07, 6.45) is 3.15. The minimum atomic E-state index is 0.0682. The van der Waals surface area contributed by atoms with Crippen molar-refractivity contribution in [3.05, 3.63) is 35.4 Å². The molecule has 1 aromatic rings. The Hall–Kier alpha value is -1.000. The van der Waals surface area contributed by atoms with E-state index in [0.29, 0.717) is 12.5 Å². The average Bonchev–Trinajstić information content (AvgIpc) is 2.99. The zero-order valence-corrected chi connectivity index (χ0v) is 11.9. The molecule has 0 radical (unpaired) electrons. The minimum absolute atomic E-state index is 0.0682. The highest BCUT2D eigenvalue weighted by atomic mass is 32.2. The van der Waals surface area contributed by atoms with Gasteiger partial charge in [0, 0.05) is 13.1 Å². The van der Waals surface area contributed by atoms with Gasteiger partial charge < -0.3 is 10.6 Å². The Morgan fingerprint density at radius 3 is 3.00 bits per heavy atom. The smallest absolute Gasteiger partial charge is 0.236 e. The molecule has 1 fully saturated rings. The molecule has 3 rings (SSSR count). The van der Waals surface area contributed by atoms with E-state index in [-0.39, 0.29) is 11.3 Å². The van der Waals surface area contributed by atoms with Crippen LogP contribution >= 0.6 is 11.8 Å². The van der Waals surface area contributed by atoms with Crippen LogP contribution in [0.5, 0.6) is 0 Å². The second-order valence-corrected chi connectivity index (χ2v) is 6.54. The number of amides is 1. The van der Waals surface area contributed by atoms with Gasteiger partial charge in [0.25, 0.3) is 0 Å². The largest absolute Gasteiger partial charge is 0.333 e. The van der Waals surface area contributed by atoms with Crippen LogP contribution in [0.15, 0.2) is 24.3 Å². The first-order chi connectivity index (χ1) is 9.31. The van der Waals surface area contributed by atoms with Gasteiger partial charge >= 0.3 is 0 Å². The Morgan fingerprint density at radius 1 is 1.42 bits per heavy atom. The molecule has 19 heavy (non-hydrogen) atoms. The highest BCUT2D eigenvalue weighted by Crippen LogP contribution is 2.34. The molecule has 3 nitrogen and oxygen atoms in total. The standard InChI is InChI=1S/C15H20N2OS/c16-10-13-12-5-2-1-4-11(12)7-8-17(13)15(18)14-6-3-9-19-14/h1-2,4-5,13-14H,3,6-10,16H2. The fourth-order valence-corrected chi connectivity index (χ4v) is 4.36. The molecule has 2 unspecified atom stereocenters. The molecular weight excluding hydrogens is 256 g/mol. The fourth-order valence-electron chi connectivity index (χ4n) is 3.13. The monoisotopic (exact) mass is 276 g/mol. The molecule has 2 N–H and O–H groups in total. The number of rotatable bonds is 2. The number of carbonyl (C=O) groups is 1. The lowest BCUT2D eigenvalue weighted by Crippen LogP contribution is -2.46. The van der Waals surface area contributed by atoms with Crippen LogP contribution < -0.4 is 5.73 Å². The van der Waals surface area contributed by atoms with Gasteiger partial charge in [-0.3, -0.25) is 4.79 Å². The van der Waals surface area contributed by atoms with Crippen molar-refractivity contribution in [2.75, 3.05) is 18.8 Å². The summed E-state index contributed by atoms with van der Waals surface area (Å²) >= 11 is 1.81. The third-order valence-corrected chi connectivity index (χ3v) is 5.49. The van der Waals surface area contributed by atoms with Crippen molar-refractivity contribution in [2.45, 2.75) is 30.6 Å². The predicted octanol–water partition coefficient (Wildman–Crippen LogP) is 1.97. The Kier molecular flexibility index (Phi) is 3.80. The van der Waals surface area contributed by atoms with Gasteiger partial charge in [0.05, 0.1) is 11.3 Å². The number of carbonyl (C=O) groups excluding carboxylic acids is 1. The van der Waals surface area contributed by atoms with Crippen LogP contribution in [0.4, 0.5) is 0 Å². The average molecular weight is 276 g/mol. The highest BCUT2D eigenvalue weighted by Gasteiger charge is 2.34. The summed E-state index contributed by atoms with van der Waals surface area (Å²) in [5.74, 6) is 1.42. The maximum atomic E-state index is 12.6. The summed E-state index contributed by atoms with van der Waals surface area (Å²) in [7, 11) is 0. The van der Waals surface area contributed by atoms with E-state index in [1.54, 1.807) is 11.8 Å². The first-order valence-corrected chi connectivity index (χ1v) is 8.06. The molecule has 1 amide bonds. The number of fused-ring (bicyclic) bond motifs is 1. The molecule has 2 heterocycles. The topological polar surface area (TPSA) is 46.3 Å². The molecule has 2 atom stereocenters. The number of hydrogen-bond acceptors (Lipinski definition) is 3. The van der Waals surface area contributed by atoms with Gasteiger partial charge in [-0.05, 0) is 36.1 Å². The molecule has 0 aromatic heterocycles. The van der Waals surface area contributed by atoms with Gasteiger partial charge in [-0.15, -0.1) is 11.8 Å². The van der Waals surface area contributed by atoms with Crippen molar-refractivity contribution in [1.29, 1.82) is 0 Å². The predicted molar refractivity (Wildman–Crippen MR) is 79.1 cm³/mol. The van der Waals surface area contributed by atoms with Crippen molar-refractivity contribution in [3.63, 3.8) is 0 Å². The Balaban J connectivity index is 1.85. The summed E-state index contributed by atoms with van der Waals surface area (Å²) in [6, 6.07) is 8.45. The molecule has 1 saturated heterocycles. The van der Waals surface area contributed by atoms with Gasteiger partial charge in [-0.25, -0.2) is 0 Å². The van der Waals surface area contributed by atoms with Crippen molar-refractivity contribution < 1.29 is 4.79 Å². The first kappa shape index (κ1) is 13.0. The fraction of sp³-hybridized carbons (Fsp3) is 0.533. The SMILES string of the molecule is NCC1c2ccccc2CCN1C(=O)C1CCCS1. The van der Waals surface area contributed by atoms with Crippen molar-refractivity contribution in [3.8, 4) is 0 Å².